The number of nitro benzene ring substituents is 1. The molecule has 2 aromatic carbocycles. The van der Waals surface area contributed by atoms with Crippen molar-refractivity contribution < 1.29 is 18.1 Å². The number of alkyl halides is 3. The average molecular weight is 380 g/mol. The van der Waals surface area contributed by atoms with E-state index in [1.165, 1.54) is 18.2 Å². The van der Waals surface area contributed by atoms with Gasteiger partial charge in [-0.25, -0.2) is 4.99 Å². The van der Waals surface area contributed by atoms with Crippen LogP contribution in [0.25, 0.3) is 0 Å². The third-order valence-corrected chi connectivity index (χ3v) is 3.60. The van der Waals surface area contributed by atoms with Gasteiger partial charge >= 0.3 is 6.18 Å². The molecule has 0 aliphatic carbocycles. The van der Waals surface area contributed by atoms with E-state index in [9.17, 15) is 23.3 Å². The van der Waals surface area contributed by atoms with E-state index >= 15 is 0 Å². The molecule has 6 nitrogen and oxygen atoms in total. The van der Waals surface area contributed by atoms with Gasteiger partial charge in [-0.15, -0.1) is 0 Å². The van der Waals surface area contributed by atoms with Gasteiger partial charge in [0, 0.05) is 25.2 Å². The predicted molar refractivity (Wildman–Crippen MR) is 96.2 cm³/mol. The summed E-state index contributed by atoms with van der Waals surface area (Å²) in [5.74, 6) is 0.404. The van der Waals surface area contributed by atoms with Gasteiger partial charge in [-0.05, 0) is 30.2 Å². The zero-order valence-electron chi connectivity index (χ0n) is 14.6. The van der Waals surface area contributed by atoms with Crippen molar-refractivity contribution in [2.45, 2.75) is 26.2 Å². The number of halogens is 3. The Morgan fingerprint density at radius 3 is 2.48 bits per heavy atom. The molecule has 0 radical (unpaired) electrons. The van der Waals surface area contributed by atoms with Gasteiger partial charge in [-0.3, -0.25) is 10.1 Å². The smallest absolute Gasteiger partial charge is 0.357 e. The predicted octanol–water partition coefficient (Wildman–Crippen LogP) is 3.87. The Bertz CT molecular complexity index is 822. The fourth-order valence-corrected chi connectivity index (χ4v) is 2.32. The second-order valence-corrected chi connectivity index (χ2v) is 5.67. The summed E-state index contributed by atoms with van der Waals surface area (Å²) in [5, 5.41) is 16.8. The summed E-state index contributed by atoms with van der Waals surface area (Å²) in [5.41, 5.74) is 0.385. The van der Waals surface area contributed by atoms with Crippen LogP contribution in [0.3, 0.4) is 0 Å². The lowest BCUT2D eigenvalue weighted by Crippen LogP contribution is -2.36. The number of nitrogens with one attached hydrogen (secondary N) is 2. The molecule has 2 aromatic rings. The molecule has 0 aromatic heterocycles. The number of aliphatic imine (C=N–C) groups is 1. The third-order valence-electron chi connectivity index (χ3n) is 3.60. The van der Waals surface area contributed by atoms with Crippen LogP contribution in [0.5, 0.6) is 0 Å². The average Bonchev–Trinajstić information content (AvgIpc) is 2.64. The fraction of sp³-hybridized carbons (Fsp3) is 0.278. The van der Waals surface area contributed by atoms with Crippen molar-refractivity contribution in [3.63, 3.8) is 0 Å². The highest BCUT2D eigenvalue weighted by Crippen LogP contribution is 2.29. The molecule has 0 unspecified atom stereocenters. The zero-order valence-corrected chi connectivity index (χ0v) is 14.6. The summed E-state index contributed by atoms with van der Waals surface area (Å²) in [7, 11) is 0. The molecule has 0 aliphatic heterocycles. The Balaban J connectivity index is 2.06. The summed E-state index contributed by atoms with van der Waals surface area (Å²) in [4.78, 5) is 14.7. The molecule has 0 heterocycles. The number of nitrogens with zero attached hydrogens (tertiary/aromatic N) is 2. The molecule has 2 N–H and O–H groups in total. The van der Waals surface area contributed by atoms with Crippen molar-refractivity contribution in [3.05, 3.63) is 75.3 Å². The van der Waals surface area contributed by atoms with Crippen LogP contribution in [0.15, 0.2) is 53.5 Å². The van der Waals surface area contributed by atoms with Gasteiger partial charge < -0.3 is 10.6 Å². The van der Waals surface area contributed by atoms with Crippen LogP contribution in [0.4, 0.5) is 18.9 Å². The van der Waals surface area contributed by atoms with Gasteiger partial charge in [-0.1, -0.05) is 24.3 Å². The number of rotatable bonds is 6. The lowest BCUT2D eigenvalue weighted by atomic mass is 10.1. The van der Waals surface area contributed by atoms with E-state index in [-0.39, 0.29) is 18.8 Å². The summed E-state index contributed by atoms with van der Waals surface area (Å²) in [6.45, 7) is 2.77. The van der Waals surface area contributed by atoms with Gasteiger partial charge in [-0.2, -0.15) is 13.2 Å². The lowest BCUT2D eigenvalue weighted by Gasteiger charge is -2.13. The highest BCUT2D eigenvalue weighted by atomic mass is 19.4. The first-order valence-electron chi connectivity index (χ1n) is 8.21. The van der Waals surface area contributed by atoms with E-state index in [1.54, 1.807) is 18.2 Å². The van der Waals surface area contributed by atoms with Crippen molar-refractivity contribution >= 4 is 11.6 Å². The fourth-order valence-electron chi connectivity index (χ4n) is 2.32. The molecule has 0 amide bonds. The summed E-state index contributed by atoms with van der Waals surface area (Å²) < 4.78 is 38.3. The Morgan fingerprint density at radius 1 is 1.11 bits per heavy atom. The molecule has 0 aliphatic rings. The molecule has 0 saturated carbocycles. The molecule has 0 atom stereocenters. The van der Waals surface area contributed by atoms with Gasteiger partial charge in [0.2, 0.25) is 0 Å². The third kappa shape index (κ3) is 6.28. The molecular formula is C18H19F3N4O2. The molecule has 0 spiro atoms. The second kappa shape index (κ2) is 9.02. The number of hydrogen-bond donors (Lipinski definition) is 2. The summed E-state index contributed by atoms with van der Waals surface area (Å²) in [6, 6.07) is 11.2. The molecular weight excluding hydrogens is 361 g/mol. The Kier molecular flexibility index (Phi) is 6.75. The van der Waals surface area contributed by atoms with Crippen LogP contribution in [-0.2, 0) is 19.3 Å². The molecule has 0 fully saturated rings. The first-order valence-corrected chi connectivity index (χ1v) is 8.21. The largest absolute Gasteiger partial charge is 0.416 e. The first-order chi connectivity index (χ1) is 12.8. The number of non-ortho nitro benzene ring substituents is 1. The van der Waals surface area contributed by atoms with Crippen LogP contribution in [0.2, 0.25) is 0 Å². The zero-order chi connectivity index (χ0) is 19.9. The van der Waals surface area contributed by atoms with Crippen molar-refractivity contribution in [1.82, 2.24) is 10.6 Å². The van der Waals surface area contributed by atoms with Gasteiger partial charge in [0.15, 0.2) is 5.96 Å². The minimum Gasteiger partial charge on any atom is -0.357 e. The van der Waals surface area contributed by atoms with E-state index in [1.807, 2.05) is 6.92 Å². The SMILES string of the molecule is CCNC(=NCc1cccc([N+](=O)[O-])c1)NCc1cccc(C(F)(F)F)c1. The monoisotopic (exact) mass is 380 g/mol. The maximum atomic E-state index is 12.8. The quantitative estimate of drug-likeness (QED) is 0.345. The van der Waals surface area contributed by atoms with Gasteiger partial charge in [0.25, 0.3) is 5.69 Å². The maximum absolute atomic E-state index is 12.8. The standard InChI is InChI=1S/C18H19F3N4O2/c1-2-22-17(24-12-14-6-4-8-16(10-14)25(26)27)23-11-13-5-3-7-15(9-13)18(19,20)21/h3-10H,2,11-12H2,1H3,(H2,22,23,24). The minimum atomic E-state index is -4.39. The first kappa shape index (κ1) is 20.2. The number of guanidine groups is 1. The van der Waals surface area contributed by atoms with E-state index in [2.05, 4.69) is 15.6 Å². The van der Waals surface area contributed by atoms with Gasteiger partial charge in [0.05, 0.1) is 17.0 Å². The molecule has 0 saturated heterocycles. The molecule has 0 bridgehead atoms. The van der Waals surface area contributed by atoms with E-state index in [4.69, 9.17) is 0 Å². The number of hydrogen-bond acceptors (Lipinski definition) is 3. The molecule has 2 rings (SSSR count). The normalized spacial score (nSPS) is 11.9. The van der Waals surface area contributed by atoms with Crippen molar-refractivity contribution in [2.24, 2.45) is 4.99 Å². The van der Waals surface area contributed by atoms with Crippen LogP contribution in [0.1, 0.15) is 23.6 Å². The Morgan fingerprint density at radius 2 is 1.81 bits per heavy atom. The number of nitro groups is 1. The van der Waals surface area contributed by atoms with Crippen molar-refractivity contribution in [2.75, 3.05) is 6.54 Å². The Hall–Kier alpha value is -3.10. The van der Waals surface area contributed by atoms with Crippen molar-refractivity contribution in [3.8, 4) is 0 Å². The van der Waals surface area contributed by atoms with Crippen LogP contribution < -0.4 is 10.6 Å². The molecule has 144 valence electrons. The van der Waals surface area contributed by atoms with Crippen molar-refractivity contribution in [1.29, 1.82) is 0 Å². The lowest BCUT2D eigenvalue weighted by molar-refractivity contribution is -0.384. The second-order valence-electron chi connectivity index (χ2n) is 5.67. The molecule has 9 heteroatoms. The maximum Gasteiger partial charge on any atom is 0.416 e. The highest BCUT2D eigenvalue weighted by molar-refractivity contribution is 5.79. The van der Waals surface area contributed by atoms with E-state index < -0.39 is 16.7 Å². The summed E-state index contributed by atoms with van der Waals surface area (Å²) in [6.07, 6.45) is -4.39. The van der Waals surface area contributed by atoms with E-state index in [0.29, 0.717) is 23.6 Å². The number of benzene rings is 2. The minimum absolute atomic E-state index is 0.0235. The Labute approximate surface area is 154 Å². The van der Waals surface area contributed by atoms with Gasteiger partial charge in [0.1, 0.15) is 0 Å². The van der Waals surface area contributed by atoms with Crippen LogP contribution >= 0.6 is 0 Å². The van der Waals surface area contributed by atoms with E-state index in [0.717, 1.165) is 12.1 Å². The highest BCUT2D eigenvalue weighted by Gasteiger charge is 2.30. The van der Waals surface area contributed by atoms with Crippen LogP contribution in [-0.4, -0.2) is 17.4 Å². The summed E-state index contributed by atoms with van der Waals surface area (Å²) >= 11 is 0. The van der Waals surface area contributed by atoms with Crippen LogP contribution in [0, 0.1) is 10.1 Å². The molecule has 27 heavy (non-hydrogen) atoms. The topological polar surface area (TPSA) is 79.6 Å².